The molecule has 0 aliphatic heterocycles. The predicted molar refractivity (Wildman–Crippen MR) is 385 cm³/mol. The first-order valence-corrected chi connectivity index (χ1v) is 40.9. The molecule has 0 atom stereocenters. The molecule has 0 radical (unpaired) electrons. The predicted octanol–water partition coefficient (Wildman–Crippen LogP) is 26.4. The minimum Gasteiger partial charge on any atom is -1.00 e. The maximum absolute atomic E-state index is 3.48. The fourth-order valence-electron chi connectivity index (χ4n) is 13.6. The van der Waals surface area contributed by atoms with E-state index in [2.05, 4.69) is 69.0 Å². The Morgan fingerprint density at radius 1 is 0.190 bits per heavy atom. The summed E-state index contributed by atoms with van der Waals surface area (Å²) < 4.78 is 3.12. The number of halogens is 2. The standard InChI is InChI=1S/C65H126N.C16H33Br.BrH/c1-7-13-19-25-31-37-43-49-55-61-62(56-50-44-38-32-26-20-14-8-2)64(58-52-46-40-34-28-22-16-10-4)66(60-54-48-42-36-30-24-18-12-6)65(59-53-47-41-35-29-23-17-11-5)63(61)57-51-45-39-33-27-21-15-9-3;1-2-3-4-5-6-7-8-9-10-11-12-13-14-15-16-17;/h7-60H2,1-6H3;2-16H2,1H3;1H/q+1;;/p-1. The van der Waals surface area contributed by atoms with Crippen LogP contribution in [0.1, 0.15) is 475 Å². The fraction of sp³-hybridized carbons (Fsp3) is 0.938. The van der Waals surface area contributed by atoms with E-state index in [4.69, 9.17) is 0 Å². The molecule has 502 valence electrons. The molecule has 0 aliphatic carbocycles. The minimum absolute atomic E-state index is 0. The fourth-order valence-corrected chi connectivity index (χ4v) is 14.0. The lowest BCUT2D eigenvalue weighted by Gasteiger charge is -2.23. The first-order chi connectivity index (χ1) is 41.1. The van der Waals surface area contributed by atoms with E-state index >= 15 is 0 Å². The summed E-state index contributed by atoms with van der Waals surface area (Å²) in [6, 6.07) is 0. The lowest BCUT2D eigenvalue weighted by molar-refractivity contribution is -0.712. The second-order valence-electron chi connectivity index (χ2n) is 27.4. The highest BCUT2D eigenvalue weighted by molar-refractivity contribution is 9.09. The molecule has 0 unspecified atom stereocenters. The van der Waals surface area contributed by atoms with Crippen molar-refractivity contribution in [3.05, 3.63) is 28.1 Å². The van der Waals surface area contributed by atoms with E-state index in [1.54, 1.807) is 0 Å². The quantitative estimate of drug-likeness (QED) is 0.0348. The van der Waals surface area contributed by atoms with Crippen LogP contribution in [0, 0.1) is 0 Å². The third-order valence-corrected chi connectivity index (χ3v) is 19.7. The van der Waals surface area contributed by atoms with E-state index in [1.165, 1.54) is 442 Å². The molecule has 3 heteroatoms. The first-order valence-electron chi connectivity index (χ1n) is 39.7. The van der Waals surface area contributed by atoms with E-state index in [0.717, 1.165) is 0 Å². The van der Waals surface area contributed by atoms with Crippen molar-refractivity contribution in [1.82, 2.24) is 0 Å². The van der Waals surface area contributed by atoms with Crippen molar-refractivity contribution in [2.75, 3.05) is 5.33 Å². The molecule has 0 spiro atoms. The smallest absolute Gasteiger partial charge is 0.185 e. The molecule has 0 fully saturated rings. The summed E-state index contributed by atoms with van der Waals surface area (Å²) in [7, 11) is 0. The largest absolute Gasteiger partial charge is 1.00 e. The SMILES string of the molecule is CCCCCCCCCCCCCCCCBr.CCCCCCCCCCc1c(CCCCCCCCCC)c(CCCCCCCCCC)[n+](CCCCCCCCCC)c(CCCCCCCCCC)c1CCCCCCCCCC.[Br-]. The van der Waals surface area contributed by atoms with E-state index in [1.807, 2.05) is 28.1 Å². The number of unbranched alkanes of at least 4 members (excludes halogenated alkanes) is 55. The number of alkyl halides is 1. The van der Waals surface area contributed by atoms with Gasteiger partial charge < -0.3 is 17.0 Å². The van der Waals surface area contributed by atoms with Crippen LogP contribution in [0.15, 0.2) is 0 Å². The third-order valence-electron chi connectivity index (χ3n) is 19.2. The third kappa shape index (κ3) is 56.1. The average molecular weight is 1310 g/mol. The summed E-state index contributed by atoms with van der Waals surface area (Å²) >= 11 is 3.48. The van der Waals surface area contributed by atoms with Crippen LogP contribution in [0.2, 0.25) is 0 Å². The van der Waals surface area contributed by atoms with Gasteiger partial charge in [-0.3, -0.25) is 0 Å². The maximum Gasteiger partial charge on any atom is 0.185 e. The van der Waals surface area contributed by atoms with E-state index in [9.17, 15) is 0 Å². The molecule has 0 saturated carbocycles. The van der Waals surface area contributed by atoms with Crippen LogP contribution in [-0.2, 0) is 38.6 Å². The number of hydrogen-bond donors (Lipinski definition) is 0. The summed E-state index contributed by atoms with van der Waals surface area (Å²) in [5.41, 5.74) is 9.44. The van der Waals surface area contributed by atoms with Crippen molar-refractivity contribution < 1.29 is 21.5 Å². The van der Waals surface area contributed by atoms with Crippen molar-refractivity contribution >= 4 is 15.9 Å². The molecule has 1 rings (SSSR count). The van der Waals surface area contributed by atoms with Crippen LogP contribution in [0.25, 0.3) is 0 Å². The number of pyridine rings is 1. The molecule has 0 N–H and O–H groups in total. The summed E-state index contributed by atoms with van der Waals surface area (Å²) in [6.07, 6.45) is 95.6. The van der Waals surface area contributed by atoms with Crippen LogP contribution < -0.4 is 21.5 Å². The Labute approximate surface area is 552 Å². The highest BCUT2D eigenvalue weighted by Gasteiger charge is 2.29. The van der Waals surface area contributed by atoms with E-state index < -0.39 is 0 Å². The van der Waals surface area contributed by atoms with Gasteiger partial charge in [-0.1, -0.05) is 411 Å². The molecule has 1 heterocycles. The summed E-state index contributed by atoms with van der Waals surface area (Å²) in [5.74, 6) is 0. The lowest BCUT2D eigenvalue weighted by Crippen LogP contribution is -3.00. The molecule has 0 amide bonds. The lowest BCUT2D eigenvalue weighted by atomic mass is 9.85. The van der Waals surface area contributed by atoms with E-state index in [0.29, 0.717) is 0 Å². The molecule has 0 aromatic carbocycles. The monoisotopic (exact) mass is 1300 g/mol. The number of rotatable bonds is 68. The minimum atomic E-state index is 0. The van der Waals surface area contributed by atoms with Gasteiger partial charge >= 0.3 is 0 Å². The first kappa shape index (κ1) is 86.2. The second kappa shape index (κ2) is 73.8. The summed E-state index contributed by atoms with van der Waals surface area (Å²) in [4.78, 5) is 0. The van der Waals surface area contributed by atoms with Gasteiger partial charge in [-0.2, -0.15) is 4.57 Å². The highest BCUT2D eigenvalue weighted by Crippen LogP contribution is 2.30. The number of nitrogens with zero attached hydrogens (tertiary/aromatic N) is 1. The van der Waals surface area contributed by atoms with Crippen molar-refractivity contribution in [3.63, 3.8) is 0 Å². The van der Waals surface area contributed by atoms with Crippen molar-refractivity contribution in [3.8, 4) is 0 Å². The Bertz CT molecular complexity index is 1110. The van der Waals surface area contributed by atoms with Gasteiger partial charge in [0.2, 0.25) is 0 Å². The normalized spacial score (nSPS) is 11.4. The van der Waals surface area contributed by atoms with Crippen LogP contribution in [0.5, 0.6) is 0 Å². The van der Waals surface area contributed by atoms with Crippen LogP contribution in [0.3, 0.4) is 0 Å². The molecule has 84 heavy (non-hydrogen) atoms. The van der Waals surface area contributed by atoms with Crippen LogP contribution in [0.4, 0.5) is 0 Å². The Morgan fingerprint density at radius 3 is 0.571 bits per heavy atom. The van der Waals surface area contributed by atoms with E-state index in [-0.39, 0.29) is 17.0 Å². The van der Waals surface area contributed by atoms with Gasteiger partial charge in [0.25, 0.3) is 0 Å². The molecular weight excluding hydrogens is 1150 g/mol. The molecule has 1 aromatic rings. The van der Waals surface area contributed by atoms with Gasteiger partial charge in [-0.05, 0) is 69.8 Å². The van der Waals surface area contributed by atoms with Gasteiger partial charge in [-0.15, -0.1) is 0 Å². The Kier molecular flexibility index (Phi) is 75.8. The van der Waals surface area contributed by atoms with Crippen LogP contribution in [-0.4, -0.2) is 5.33 Å². The average Bonchev–Trinajstić information content (AvgIpc) is 3.68. The number of aromatic nitrogens is 1. The van der Waals surface area contributed by atoms with Crippen LogP contribution >= 0.6 is 15.9 Å². The van der Waals surface area contributed by atoms with Crippen molar-refractivity contribution in [2.45, 2.75) is 485 Å². The van der Waals surface area contributed by atoms with Gasteiger partial charge in [-0.25, -0.2) is 0 Å². The zero-order chi connectivity index (χ0) is 60.3. The summed E-state index contributed by atoms with van der Waals surface area (Å²) in [6.45, 7) is 17.8. The van der Waals surface area contributed by atoms with Gasteiger partial charge in [0.05, 0.1) is 0 Å². The zero-order valence-corrected chi connectivity index (χ0v) is 62.7. The number of hydrogen-bond acceptors (Lipinski definition) is 0. The Hall–Kier alpha value is 0.110. The van der Waals surface area contributed by atoms with Crippen molar-refractivity contribution in [2.24, 2.45) is 0 Å². The highest BCUT2D eigenvalue weighted by atomic mass is 79.9. The Balaban J connectivity index is 0. The molecule has 0 aliphatic rings. The molecule has 1 aromatic heterocycles. The maximum atomic E-state index is 3.48. The van der Waals surface area contributed by atoms with Gasteiger partial charge in [0, 0.05) is 35.7 Å². The Morgan fingerprint density at radius 2 is 0.357 bits per heavy atom. The van der Waals surface area contributed by atoms with Gasteiger partial charge in [0.1, 0.15) is 6.54 Å². The molecule has 0 saturated heterocycles. The molecule has 1 nitrogen and oxygen atoms in total. The zero-order valence-electron chi connectivity index (χ0n) is 59.5. The summed E-state index contributed by atoms with van der Waals surface area (Å²) in [5, 5.41) is 1.19. The van der Waals surface area contributed by atoms with Crippen molar-refractivity contribution in [1.29, 1.82) is 0 Å². The molecule has 0 bridgehead atoms. The second-order valence-corrected chi connectivity index (χ2v) is 28.2. The molecular formula is C81H159Br2N. The topological polar surface area (TPSA) is 3.88 Å². The van der Waals surface area contributed by atoms with Gasteiger partial charge in [0.15, 0.2) is 11.4 Å².